The van der Waals surface area contributed by atoms with E-state index in [0.717, 1.165) is 16.6 Å². The van der Waals surface area contributed by atoms with E-state index in [1.54, 1.807) is 31.6 Å². The Hall–Kier alpha value is -2.69. The lowest BCUT2D eigenvalue weighted by atomic mass is 10.1. The van der Waals surface area contributed by atoms with Crippen LogP contribution in [0.25, 0.3) is 11.0 Å². The number of fused-ring (bicyclic) bond motifs is 1. The Morgan fingerprint density at radius 1 is 1.21 bits per heavy atom. The smallest absolute Gasteiger partial charge is 0.242 e. The van der Waals surface area contributed by atoms with E-state index in [1.165, 1.54) is 16.5 Å². The number of nitrogens with zero attached hydrogens (tertiary/aromatic N) is 3. The van der Waals surface area contributed by atoms with Crippen LogP contribution >= 0.6 is 0 Å². The summed E-state index contributed by atoms with van der Waals surface area (Å²) in [5, 5.41) is 0. The zero-order valence-electron chi connectivity index (χ0n) is 14.1. The molecule has 0 unspecified atom stereocenters. The summed E-state index contributed by atoms with van der Waals surface area (Å²) in [6, 6.07) is 10.6. The van der Waals surface area contributed by atoms with E-state index in [-0.39, 0.29) is 24.8 Å². The molecule has 124 valence electrons. The fourth-order valence-corrected chi connectivity index (χ4v) is 2.68. The van der Waals surface area contributed by atoms with Gasteiger partial charge in [-0.15, -0.1) is 0 Å². The first-order valence-electron chi connectivity index (χ1n) is 7.85. The molecule has 1 heterocycles. The lowest BCUT2D eigenvalue weighted by Gasteiger charge is -2.18. The van der Waals surface area contributed by atoms with E-state index in [2.05, 4.69) is 4.98 Å². The highest BCUT2D eigenvalue weighted by atomic mass is 19.1. The van der Waals surface area contributed by atoms with Crippen LogP contribution in [0.3, 0.4) is 0 Å². The average molecular weight is 325 g/mol. The van der Waals surface area contributed by atoms with Crippen LogP contribution in [0.1, 0.15) is 16.7 Å². The molecule has 0 atom stereocenters. The number of amides is 1. The van der Waals surface area contributed by atoms with Crippen molar-refractivity contribution in [1.29, 1.82) is 0 Å². The number of hydrogen-bond donors (Lipinski definition) is 0. The molecule has 0 radical (unpaired) electrons. The number of rotatable bonds is 4. The Labute approximate surface area is 140 Å². The quantitative estimate of drug-likeness (QED) is 0.737. The van der Waals surface area contributed by atoms with Gasteiger partial charge in [0.1, 0.15) is 12.4 Å². The van der Waals surface area contributed by atoms with Gasteiger partial charge >= 0.3 is 0 Å². The van der Waals surface area contributed by atoms with Crippen molar-refractivity contribution in [3.63, 3.8) is 0 Å². The van der Waals surface area contributed by atoms with Crippen LogP contribution < -0.4 is 0 Å². The van der Waals surface area contributed by atoms with Crippen LogP contribution in [0, 0.1) is 19.7 Å². The number of aromatic nitrogens is 2. The predicted octanol–water partition coefficient (Wildman–Crippen LogP) is 3.45. The van der Waals surface area contributed by atoms with E-state index < -0.39 is 0 Å². The number of hydrogen-bond acceptors (Lipinski definition) is 2. The summed E-state index contributed by atoms with van der Waals surface area (Å²) in [7, 11) is 1.68. The SMILES string of the molecule is Cc1cc2ncn(CC(=O)N(C)Cc3ccccc3F)c2cc1C. The van der Waals surface area contributed by atoms with Gasteiger partial charge < -0.3 is 9.47 Å². The van der Waals surface area contributed by atoms with Crippen LogP contribution in [0.5, 0.6) is 0 Å². The molecule has 0 aliphatic carbocycles. The molecule has 0 saturated heterocycles. The summed E-state index contributed by atoms with van der Waals surface area (Å²) in [4.78, 5) is 18.4. The second-order valence-corrected chi connectivity index (χ2v) is 6.14. The molecular weight excluding hydrogens is 305 g/mol. The first kappa shape index (κ1) is 16.2. The molecule has 5 heteroatoms. The molecule has 3 rings (SSSR count). The minimum Gasteiger partial charge on any atom is -0.340 e. The third kappa shape index (κ3) is 3.15. The van der Waals surface area contributed by atoms with Gasteiger partial charge in [-0.25, -0.2) is 9.37 Å². The van der Waals surface area contributed by atoms with Crippen LogP contribution in [0.15, 0.2) is 42.7 Å². The van der Waals surface area contributed by atoms with Gasteiger partial charge in [0.15, 0.2) is 0 Å². The largest absolute Gasteiger partial charge is 0.340 e. The molecule has 0 bridgehead atoms. The van der Waals surface area contributed by atoms with E-state index in [4.69, 9.17) is 0 Å². The fourth-order valence-electron chi connectivity index (χ4n) is 2.68. The number of benzene rings is 2. The number of carbonyl (C=O) groups is 1. The van der Waals surface area contributed by atoms with Crippen molar-refractivity contribution in [2.45, 2.75) is 26.9 Å². The second kappa shape index (κ2) is 6.43. The third-order valence-electron chi connectivity index (χ3n) is 4.33. The van der Waals surface area contributed by atoms with E-state index in [9.17, 15) is 9.18 Å². The van der Waals surface area contributed by atoms with Gasteiger partial charge in [0.05, 0.1) is 17.4 Å². The van der Waals surface area contributed by atoms with Gasteiger partial charge in [-0.1, -0.05) is 18.2 Å². The monoisotopic (exact) mass is 325 g/mol. The number of aryl methyl sites for hydroxylation is 2. The summed E-state index contributed by atoms with van der Waals surface area (Å²) in [5.41, 5.74) is 4.66. The van der Waals surface area contributed by atoms with E-state index >= 15 is 0 Å². The second-order valence-electron chi connectivity index (χ2n) is 6.14. The van der Waals surface area contributed by atoms with Crippen molar-refractivity contribution in [2.75, 3.05) is 7.05 Å². The molecule has 1 amide bonds. The van der Waals surface area contributed by atoms with Crippen molar-refractivity contribution in [1.82, 2.24) is 14.5 Å². The van der Waals surface area contributed by atoms with Gasteiger partial charge in [0.2, 0.25) is 5.91 Å². The van der Waals surface area contributed by atoms with Crippen molar-refractivity contribution in [3.05, 3.63) is 65.2 Å². The molecule has 2 aromatic carbocycles. The minimum atomic E-state index is -0.295. The molecule has 0 saturated carbocycles. The molecule has 0 aliphatic rings. The molecule has 0 fully saturated rings. The van der Waals surface area contributed by atoms with Crippen LogP contribution in [-0.2, 0) is 17.9 Å². The summed E-state index contributed by atoms with van der Waals surface area (Å²) in [5.74, 6) is -0.382. The lowest BCUT2D eigenvalue weighted by Crippen LogP contribution is -2.29. The molecule has 0 N–H and O–H groups in total. The van der Waals surface area contributed by atoms with Gasteiger partial charge in [-0.05, 0) is 43.2 Å². The maximum Gasteiger partial charge on any atom is 0.242 e. The Morgan fingerprint density at radius 2 is 1.92 bits per heavy atom. The molecule has 0 aliphatic heterocycles. The molecule has 1 aromatic heterocycles. The standard InChI is InChI=1S/C19H20FN3O/c1-13-8-17-18(9-14(13)2)23(12-21-17)11-19(24)22(3)10-15-6-4-5-7-16(15)20/h4-9,12H,10-11H2,1-3H3. The van der Waals surface area contributed by atoms with Crippen molar-refractivity contribution in [2.24, 2.45) is 0 Å². The Balaban J connectivity index is 1.77. The van der Waals surface area contributed by atoms with Crippen molar-refractivity contribution in [3.8, 4) is 0 Å². The maximum atomic E-state index is 13.7. The zero-order valence-corrected chi connectivity index (χ0v) is 14.1. The predicted molar refractivity (Wildman–Crippen MR) is 92.1 cm³/mol. The van der Waals surface area contributed by atoms with Gasteiger partial charge in [0, 0.05) is 19.2 Å². The topological polar surface area (TPSA) is 38.1 Å². The van der Waals surface area contributed by atoms with Gasteiger partial charge in [-0.3, -0.25) is 4.79 Å². The third-order valence-corrected chi connectivity index (χ3v) is 4.33. The highest BCUT2D eigenvalue weighted by Gasteiger charge is 2.14. The van der Waals surface area contributed by atoms with E-state index in [0.29, 0.717) is 5.56 Å². The van der Waals surface area contributed by atoms with Gasteiger partial charge in [0.25, 0.3) is 0 Å². The molecule has 0 spiro atoms. The zero-order chi connectivity index (χ0) is 17.3. The molecule has 4 nitrogen and oxygen atoms in total. The average Bonchev–Trinajstić information content (AvgIpc) is 2.92. The number of imidazole rings is 1. The highest BCUT2D eigenvalue weighted by molar-refractivity contribution is 5.81. The number of halogens is 1. The Bertz CT molecular complexity index is 901. The molecular formula is C19H20FN3O. The van der Waals surface area contributed by atoms with Crippen LogP contribution in [-0.4, -0.2) is 27.4 Å². The Kier molecular flexibility index (Phi) is 4.34. The van der Waals surface area contributed by atoms with Gasteiger partial charge in [-0.2, -0.15) is 0 Å². The normalized spacial score (nSPS) is 11.0. The number of carbonyl (C=O) groups excluding carboxylic acids is 1. The molecule has 24 heavy (non-hydrogen) atoms. The first-order chi connectivity index (χ1) is 11.5. The van der Waals surface area contributed by atoms with Crippen molar-refractivity contribution >= 4 is 16.9 Å². The molecule has 3 aromatic rings. The van der Waals surface area contributed by atoms with Crippen LogP contribution in [0.2, 0.25) is 0 Å². The summed E-state index contributed by atoms with van der Waals surface area (Å²) in [6.07, 6.45) is 1.68. The highest BCUT2D eigenvalue weighted by Crippen LogP contribution is 2.18. The maximum absolute atomic E-state index is 13.7. The first-order valence-corrected chi connectivity index (χ1v) is 7.85. The minimum absolute atomic E-state index is 0.0872. The summed E-state index contributed by atoms with van der Waals surface area (Å²) >= 11 is 0. The summed E-state index contributed by atoms with van der Waals surface area (Å²) in [6.45, 7) is 4.51. The van der Waals surface area contributed by atoms with Crippen LogP contribution in [0.4, 0.5) is 4.39 Å². The fraction of sp³-hybridized carbons (Fsp3) is 0.263. The Morgan fingerprint density at radius 3 is 2.67 bits per heavy atom. The summed E-state index contributed by atoms with van der Waals surface area (Å²) < 4.78 is 15.6. The van der Waals surface area contributed by atoms with E-state index in [1.807, 2.05) is 30.5 Å². The van der Waals surface area contributed by atoms with Crippen molar-refractivity contribution < 1.29 is 9.18 Å². The lowest BCUT2D eigenvalue weighted by molar-refractivity contribution is -0.131. The number of likely N-dealkylation sites (N-methyl/N-ethyl adjacent to an activating group) is 1.